The van der Waals surface area contributed by atoms with E-state index >= 15 is 0 Å². The summed E-state index contributed by atoms with van der Waals surface area (Å²) in [5.41, 5.74) is 1.17. The predicted molar refractivity (Wildman–Crippen MR) is 101 cm³/mol. The zero-order valence-corrected chi connectivity index (χ0v) is 15.9. The molecule has 1 amide bonds. The normalized spacial score (nSPS) is 14.6. The second-order valence-electron chi connectivity index (χ2n) is 6.75. The van der Waals surface area contributed by atoms with E-state index in [1.165, 1.54) is 36.4 Å². The Bertz CT molecular complexity index is 1170. The third kappa shape index (κ3) is 3.33. The van der Waals surface area contributed by atoms with Gasteiger partial charge >= 0.3 is 0 Å². The SMILES string of the molecule is Cc1cc(F)ccc1NS(=O)(=O)c1ccc2onc(C(=O)N3CCCC3)c2c1. The number of rotatable bonds is 4. The Kier molecular flexibility index (Phi) is 4.54. The largest absolute Gasteiger partial charge is 0.355 e. The van der Waals surface area contributed by atoms with Gasteiger partial charge in [0.25, 0.3) is 15.9 Å². The van der Waals surface area contributed by atoms with Crippen molar-refractivity contribution in [2.75, 3.05) is 17.8 Å². The maximum absolute atomic E-state index is 13.3. The zero-order chi connectivity index (χ0) is 19.9. The number of hydrogen-bond acceptors (Lipinski definition) is 5. The van der Waals surface area contributed by atoms with E-state index in [2.05, 4.69) is 9.88 Å². The average molecular weight is 403 g/mol. The molecule has 0 radical (unpaired) electrons. The number of halogens is 1. The maximum Gasteiger partial charge on any atom is 0.276 e. The summed E-state index contributed by atoms with van der Waals surface area (Å²) in [5, 5.41) is 4.19. The minimum Gasteiger partial charge on any atom is -0.355 e. The molecule has 1 N–H and O–H groups in total. The Hall–Kier alpha value is -2.94. The summed E-state index contributed by atoms with van der Waals surface area (Å²) in [6, 6.07) is 8.00. The summed E-state index contributed by atoms with van der Waals surface area (Å²) in [7, 11) is -3.95. The minimum absolute atomic E-state index is 0.0394. The van der Waals surface area contributed by atoms with Crippen LogP contribution in [-0.4, -0.2) is 37.5 Å². The summed E-state index contributed by atoms with van der Waals surface area (Å²) in [6.07, 6.45) is 1.87. The van der Waals surface area contributed by atoms with Crippen LogP contribution in [0.1, 0.15) is 28.9 Å². The smallest absolute Gasteiger partial charge is 0.276 e. The Labute approximate surface area is 161 Å². The molecule has 1 aromatic heterocycles. The lowest BCUT2D eigenvalue weighted by atomic mass is 10.2. The molecule has 3 aromatic rings. The van der Waals surface area contributed by atoms with Crippen LogP contribution in [0.3, 0.4) is 0 Å². The number of fused-ring (bicyclic) bond motifs is 1. The van der Waals surface area contributed by atoms with Crippen molar-refractivity contribution in [1.82, 2.24) is 10.1 Å². The van der Waals surface area contributed by atoms with Crippen LogP contribution in [0.2, 0.25) is 0 Å². The number of likely N-dealkylation sites (tertiary alicyclic amines) is 1. The van der Waals surface area contributed by atoms with Gasteiger partial charge in [0.2, 0.25) is 0 Å². The summed E-state index contributed by atoms with van der Waals surface area (Å²) < 4.78 is 46.5. The minimum atomic E-state index is -3.95. The highest BCUT2D eigenvalue weighted by molar-refractivity contribution is 7.92. The standard InChI is InChI=1S/C19H18FN3O4S/c1-12-10-13(20)4-6-16(12)22-28(25,26)14-5-7-17-15(11-14)18(21-27-17)19(24)23-8-2-3-9-23/h4-7,10-11,22H,2-3,8-9H2,1H3. The van der Waals surface area contributed by atoms with E-state index in [-0.39, 0.29) is 22.2 Å². The molecule has 0 atom stereocenters. The van der Waals surface area contributed by atoms with Gasteiger partial charge in [-0.15, -0.1) is 0 Å². The summed E-state index contributed by atoms with van der Waals surface area (Å²) in [5.74, 6) is -0.718. The number of aryl methyl sites for hydroxylation is 1. The molecule has 0 bridgehead atoms. The lowest BCUT2D eigenvalue weighted by Crippen LogP contribution is -2.28. The van der Waals surface area contributed by atoms with E-state index < -0.39 is 15.8 Å². The molecular formula is C19H18FN3O4S. The molecule has 1 aliphatic rings. The Morgan fingerprint density at radius 3 is 2.64 bits per heavy atom. The molecule has 1 fully saturated rings. The van der Waals surface area contributed by atoms with Crippen molar-refractivity contribution in [1.29, 1.82) is 0 Å². The van der Waals surface area contributed by atoms with Crippen molar-refractivity contribution in [3.63, 3.8) is 0 Å². The van der Waals surface area contributed by atoms with Crippen LogP contribution < -0.4 is 4.72 Å². The van der Waals surface area contributed by atoms with Crippen LogP contribution >= 0.6 is 0 Å². The average Bonchev–Trinajstić information content (AvgIpc) is 3.32. The van der Waals surface area contributed by atoms with Gasteiger partial charge in [0, 0.05) is 13.1 Å². The van der Waals surface area contributed by atoms with E-state index in [1.54, 1.807) is 11.8 Å². The quantitative estimate of drug-likeness (QED) is 0.721. The number of anilines is 1. The number of carbonyl (C=O) groups is 1. The molecule has 2 heterocycles. The van der Waals surface area contributed by atoms with Crippen molar-refractivity contribution < 1.29 is 22.1 Å². The molecule has 1 aliphatic heterocycles. The third-order valence-corrected chi connectivity index (χ3v) is 6.14. The number of hydrogen-bond donors (Lipinski definition) is 1. The van der Waals surface area contributed by atoms with Gasteiger partial charge in [0.15, 0.2) is 11.3 Å². The van der Waals surface area contributed by atoms with Gasteiger partial charge in [0.05, 0.1) is 16.0 Å². The van der Waals surface area contributed by atoms with Gasteiger partial charge in [-0.3, -0.25) is 9.52 Å². The third-order valence-electron chi connectivity index (χ3n) is 4.78. The molecule has 1 saturated heterocycles. The number of nitrogens with one attached hydrogen (secondary N) is 1. The molecule has 0 saturated carbocycles. The number of amides is 1. The van der Waals surface area contributed by atoms with Gasteiger partial charge in [-0.2, -0.15) is 0 Å². The molecule has 146 valence electrons. The second-order valence-corrected chi connectivity index (χ2v) is 8.44. The monoisotopic (exact) mass is 403 g/mol. The fraction of sp³-hybridized carbons (Fsp3) is 0.263. The zero-order valence-electron chi connectivity index (χ0n) is 15.1. The van der Waals surface area contributed by atoms with E-state index in [0.717, 1.165) is 12.8 Å². The number of benzene rings is 2. The van der Waals surface area contributed by atoms with Crippen molar-refractivity contribution in [3.05, 3.63) is 53.5 Å². The topological polar surface area (TPSA) is 92.5 Å². The molecule has 0 spiro atoms. The lowest BCUT2D eigenvalue weighted by Gasteiger charge is -2.13. The molecule has 7 nitrogen and oxygen atoms in total. The van der Waals surface area contributed by atoms with Crippen molar-refractivity contribution in [2.45, 2.75) is 24.7 Å². The Morgan fingerprint density at radius 1 is 1.18 bits per heavy atom. The first-order valence-electron chi connectivity index (χ1n) is 8.83. The van der Waals surface area contributed by atoms with Crippen LogP contribution in [-0.2, 0) is 10.0 Å². The number of sulfonamides is 1. The van der Waals surface area contributed by atoms with Gasteiger partial charge in [-0.1, -0.05) is 5.16 Å². The Balaban J connectivity index is 1.70. The Morgan fingerprint density at radius 2 is 1.93 bits per heavy atom. The second kappa shape index (κ2) is 6.90. The first-order valence-corrected chi connectivity index (χ1v) is 10.3. The first-order chi connectivity index (χ1) is 13.3. The van der Waals surface area contributed by atoms with E-state index in [0.29, 0.717) is 29.6 Å². The molecule has 4 rings (SSSR count). The number of nitrogens with zero attached hydrogens (tertiary/aromatic N) is 2. The van der Waals surface area contributed by atoms with E-state index in [4.69, 9.17) is 4.52 Å². The predicted octanol–water partition coefficient (Wildman–Crippen LogP) is 3.31. The molecule has 0 unspecified atom stereocenters. The number of aromatic nitrogens is 1. The van der Waals surface area contributed by atoms with Crippen LogP contribution in [0.5, 0.6) is 0 Å². The van der Waals surface area contributed by atoms with Gasteiger partial charge < -0.3 is 9.42 Å². The van der Waals surface area contributed by atoms with E-state index in [9.17, 15) is 17.6 Å². The van der Waals surface area contributed by atoms with Crippen molar-refractivity contribution >= 4 is 32.6 Å². The van der Waals surface area contributed by atoms with Crippen LogP contribution in [0.25, 0.3) is 11.0 Å². The molecule has 2 aromatic carbocycles. The lowest BCUT2D eigenvalue weighted by molar-refractivity contribution is 0.0784. The summed E-state index contributed by atoms with van der Waals surface area (Å²) in [4.78, 5) is 14.3. The summed E-state index contributed by atoms with van der Waals surface area (Å²) in [6.45, 7) is 2.91. The van der Waals surface area contributed by atoms with Crippen LogP contribution in [0.15, 0.2) is 45.8 Å². The highest BCUT2D eigenvalue weighted by Gasteiger charge is 2.26. The highest BCUT2D eigenvalue weighted by atomic mass is 32.2. The van der Waals surface area contributed by atoms with Crippen LogP contribution in [0.4, 0.5) is 10.1 Å². The van der Waals surface area contributed by atoms with Crippen molar-refractivity contribution in [2.24, 2.45) is 0 Å². The highest BCUT2D eigenvalue weighted by Crippen LogP contribution is 2.26. The van der Waals surface area contributed by atoms with Crippen molar-refractivity contribution in [3.8, 4) is 0 Å². The van der Waals surface area contributed by atoms with Gasteiger partial charge in [0.1, 0.15) is 5.82 Å². The van der Waals surface area contributed by atoms with Crippen LogP contribution in [0, 0.1) is 12.7 Å². The fourth-order valence-electron chi connectivity index (χ4n) is 3.25. The molecular weight excluding hydrogens is 385 g/mol. The molecule has 0 aliphatic carbocycles. The molecule has 28 heavy (non-hydrogen) atoms. The van der Waals surface area contributed by atoms with E-state index in [1.807, 2.05) is 0 Å². The van der Waals surface area contributed by atoms with Gasteiger partial charge in [-0.25, -0.2) is 12.8 Å². The first kappa shape index (κ1) is 18.4. The molecule has 9 heteroatoms. The summed E-state index contributed by atoms with van der Waals surface area (Å²) >= 11 is 0. The fourth-order valence-corrected chi connectivity index (χ4v) is 4.41. The maximum atomic E-state index is 13.3. The number of carbonyl (C=O) groups excluding carboxylic acids is 1. The van der Waals surface area contributed by atoms with Gasteiger partial charge in [-0.05, 0) is 61.7 Å².